The van der Waals surface area contributed by atoms with Gasteiger partial charge in [0.05, 0.1) is 18.3 Å². The minimum atomic E-state index is -0.185. The summed E-state index contributed by atoms with van der Waals surface area (Å²) in [7, 11) is 0. The van der Waals surface area contributed by atoms with Crippen LogP contribution in [-0.2, 0) is 9.59 Å². The summed E-state index contributed by atoms with van der Waals surface area (Å²) in [6, 6.07) is 16.7. The number of para-hydroxylation sites is 3. The first kappa shape index (κ1) is 20.8. The van der Waals surface area contributed by atoms with E-state index in [9.17, 15) is 9.59 Å². The summed E-state index contributed by atoms with van der Waals surface area (Å²) in [5, 5.41) is 2.96. The van der Waals surface area contributed by atoms with Crippen LogP contribution in [0.2, 0.25) is 0 Å². The van der Waals surface area contributed by atoms with E-state index in [0.717, 1.165) is 44.0 Å². The minimum absolute atomic E-state index is 0.131. The highest BCUT2D eigenvalue weighted by atomic mass is 32.2. The van der Waals surface area contributed by atoms with Crippen molar-refractivity contribution in [3.63, 3.8) is 0 Å². The quantitative estimate of drug-likeness (QED) is 0.768. The van der Waals surface area contributed by atoms with Gasteiger partial charge in [-0.05, 0) is 43.7 Å². The normalized spacial score (nSPS) is 19.5. The molecule has 2 aromatic carbocycles. The molecule has 7 heteroatoms. The van der Waals surface area contributed by atoms with E-state index >= 15 is 0 Å². The summed E-state index contributed by atoms with van der Waals surface area (Å²) in [5.74, 6) is 3.34. The van der Waals surface area contributed by atoms with Crippen LogP contribution in [-0.4, -0.2) is 65.3 Å². The van der Waals surface area contributed by atoms with E-state index in [0.29, 0.717) is 17.2 Å². The third-order valence-electron chi connectivity index (χ3n) is 5.45. The predicted octanol–water partition coefficient (Wildman–Crippen LogP) is 3.46. The molecule has 0 spiro atoms. The molecule has 4 rings (SSSR count). The van der Waals surface area contributed by atoms with Crippen molar-refractivity contribution < 1.29 is 14.3 Å². The minimum Gasteiger partial charge on any atom is -0.455 e. The summed E-state index contributed by atoms with van der Waals surface area (Å²) in [6.07, 6.45) is 1.77. The number of nitrogens with one attached hydrogen (secondary N) is 1. The maximum atomic E-state index is 12.9. The van der Waals surface area contributed by atoms with Crippen molar-refractivity contribution in [1.29, 1.82) is 0 Å². The summed E-state index contributed by atoms with van der Waals surface area (Å²) in [5.41, 5.74) is 0.626. The second kappa shape index (κ2) is 10.00. The fourth-order valence-electron chi connectivity index (χ4n) is 3.94. The average Bonchev–Trinajstić information content (AvgIpc) is 3.24. The first-order chi connectivity index (χ1) is 14.7. The third kappa shape index (κ3) is 5.15. The lowest BCUT2D eigenvalue weighted by Gasteiger charge is -2.32. The second-order valence-electron chi connectivity index (χ2n) is 7.53. The number of amides is 2. The predicted molar refractivity (Wildman–Crippen MR) is 120 cm³/mol. The molecule has 2 aliphatic rings. The Morgan fingerprint density at radius 1 is 1.00 bits per heavy atom. The number of rotatable bonds is 6. The molecular formula is C23H27N3O3S. The van der Waals surface area contributed by atoms with Gasteiger partial charge in [-0.15, -0.1) is 0 Å². The van der Waals surface area contributed by atoms with Gasteiger partial charge in [-0.1, -0.05) is 30.3 Å². The Balaban J connectivity index is 1.38. The summed E-state index contributed by atoms with van der Waals surface area (Å²) < 4.78 is 5.93. The topological polar surface area (TPSA) is 61.9 Å². The number of benzene rings is 2. The van der Waals surface area contributed by atoms with Crippen molar-refractivity contribution in [3.05, 3.63) is 54.6 Å². The number of hydrogen-bond donors (Lipinski definition) is 1. The van der Waals surface area contributed by atoms with E-state index in [1.807, 2.05) is 76.2 Å². The molecule has 1 atom stereocenters. The zero-order chi connectivity index (χ0) is 20.8. The molecule has 2 aromatic rings. The maximum absolute atomic E-state index is 12.9. The van der Waals surface area contributed by atoms with Crippen molar-refractivity contribution in [2.75, 3.05) is 43.0 Å². The van der Waals surface area contributed by atoms with Gasteiger partial charge in [0.1, 0.15) is 5.75 Å². The molecule has 158 valence electrons. The molecule has 0 aromatic heterocycles. The second-order valence-corrected chi connectivity index (χ2v) is 8.75. The number of hydrogen-bond acceptors (Lipinski definition) is 5. The van der Waals surface area contributed by atoms with Gasteiger partial charge in [-0.2, -0.15) is 11.8 Å². The van der Waals surface area contributed by atoms with Crippen LogP contribution in [0.25, 0.3) is 0 Å². The molecule has 6 nitrogen and oxygen atoms in total. The van der Waals surface area contributed by atoms with Gasteiger partial charge in [0, 0.05) is 24.6 Å². The van der Waals surface area contributed by atoms with Crippen LogP contribution in [0.15, 0.2) is 54.6 Å². The van der Waals surface area contributed by atoms with Crippen molar-refractivity contribution >= 4 is 29.3 Å². The highest BCUT2D eigenvalue weighted by Gasteiger charge is 2.35. The molecule has 0 aliphatic carbocycles. The largest absolute Gasteiger partial charge is 0.455 e. The van der Waals surface area contributed by atoms with Gasteiger partial charge in [-0.25, -0.2) is 0 Å². The van der Waals surface area contributed by atoms with E-state index in [4.69, 9.17) is 4.74 Å². The number of anilines is 1. The van der Waals surface area contributed by atoms with Crippen LogP contribution >= 0.6 is 11.8 Å². The molecule has 2 fully saturated rings. The van der Waals surface area contributed by atoms with Crippen LogP contribution in [0.5, 0.6) is 11.5 Å². The van der Waals surface area contributed by atoms with Gasteiger partial charge < -0.3 is 15.0 Å². The SMILES string of the molecule is O=C(CN1CCCC1C(=O)N1CCSCC1)Nc1ccccc1Oc1ccccc1. The third-order valence-corrected chi connectivity index (χ3v) is 6.39. The molecular weight excluding hydrogens is 398 g/mol. The Bertz CT molecular complexity index is 871. The number of ether oxygens (including phenoxy) is 1. The molecule has 0 bridgehead atoms. The number of nitrogens with zero attached hydrogens (tertiary/aromatic N) is 2. The molecule has 2 aliphatic heterocycles. The maximum Gasteiger partial charge on any atom is 0.239 e. The van der Waals surface area contributed by atoms with Crippen LogP contribution in [0.4, 0.5) is 5.69 Å². The van der Waals surface area contributed by atoms with Crippen molar-refractivity contribution in [2.45, 2.75) is 18.9 Å². The molecule has 1 unspecified atom stereocenters. The number of likely N-dealkylation sites (tertiary alicyclic amines) is 1. The highest BCUT2D eigenvalue weighted by Crippen LogP contribution is 2.29. The molecule has 0 radical (unpaired) electrons. The van der Waals surface area contributed by atoms with E-state index in [-0.39, 0.29) is 24.4 Å². The van der Waals surface area contributed by atoms with E-state index in [2.05, 4.69) is 5.32 Å². The van der Waals surface area contributed by atoms with Crippen molar-refractivity contribution in [1.82, 2.24) is 9.80 Å². The van der Waals surface area contributed by atoms with Crippen molar-refractivity contribution in [3.8, 4) is 11.5 Å². The Kier molecular flexibility index (Phi) is 6.92. The number of carbonyl (C=O) groups is 2. The highest BCUT2D eigenvalue weighted by molar-refractivity contribution is 7.99. The lowest BCUT2D eigenvalue weighted by Crippen LogP contribution is -2.49. The Morgan fingerprint density at radius 3 is 2.53 bits per heavy atom. The van der Waals surface area contributed by atoms with E-state index in [1.165, 1.54) is 0 Å². The first-order valence-electron chi connectivity index (χ1n) is 10.4. The lowest BCUT2D eigenvalue weighted by molar-refractivity contribution is -0.136. The zero-order valence-corrected chi connectivity index (χ0v) is 17.8. The van der Waals surface area contributed by atoms with Crippen LogP contribution in [0, 0.1) is 0 Å². The van der Waals surface area contributed by atoms with Crippen LogP contribution in [0.1, 0.15) is 12.8 Å². The summed E-state index contributed by atoms with van der Waals surface area (Å²) in [6.45, 7) is 2.60. The zero-order valence-electron chi connectivity index (χ0n) is 17.0. The monoisotopic (exact) mass is 425 g/mol. The van der Waals surface area contributed by atoms with Gasteiger partial charge >= 0.3 is 0 Å². The van der Waals surface area contributed by atoms with Gasteiger partial charge in [-0.3, -0.25) is 14.5 Å². The molecule has 1 N–H and O–H groups in total. The average molecular weight is 426 g/mol. The number of thioether (sulfide) groups is 1. The standard InChI is InChI=1S/C23H27N3O3S/c27-22(17-26-12-6-10-20(26)23(28)25-13-15-30-16-14-25)24-19-9-4-5-11-21(19)29-18-7-2-1-3-8-18/h1-5,7-9,11,20H,6,10,12-17H2,(H,24,27). The molecule has 0 saturated carbocycles. The fourth-order valence-corrected chi connectivity index (χ4v) is 4.84. The van der Waals surface area contributed by atoms with E-state index < -0.39 is 0 Å². The summed E-state index contributed by atoms with van der Waals surface area (Å²) in [4.78, 5) is 29.7. The Morgan fingerprint density at radius 2 is 1.73 bits per heavy atom. The molecule has 30 heavy (non-hydrogen) atoms. The fraction of sp³-hybridized carbons (Fsp3) is 0.391. The van der Waals surface area contributed by atoms with Crippen LogP contribution < -0.4 is 10.1 Å². The van der Waals surface area contributed by atoms with Gasteiger partial charge in [0.2, 0.25) is 11.8 Å². The van der Waals surface area contributed by atoms with E-state index in [1.54, 1.807) is 0 Å². The Hall–Kier alpha value is -2.51. The van der Waals surface area contributed by atoms with Crippen LogP contribution in [0.3, 0.4) is 0 Å². The smallest absolute Gasteiger partial charge is 0.239 e. The molecule has 2 amide bonds. The number of carbonyl (C=O) groups excluding carboxylic acids is 2. The lowest BCUT2D eigenvalue weighted by atomic mass is 10.2. The molecule has 2 saturated heterocycles. The van der Waals surface area contributed by atoms with Crippen molar-refractivity contribution in [2.24, 2.45) is 0 Å². The molecule has 2 heterocycles. The summed E-state index contributed by atoms with van der Waals surface area (Å²) >= 11 is 1.89. The first-order valence-corrected chi connectivity index (χ1v) is 11.6. The Labute approximate surface area is 181 Å². The van der Waals surface area contributed by atoms with Gasteiger partial charge in [0.15, 0.2) is 5.75 Å². The van der Waals surface area contributed by atoms with Gasteiger partial charge in [0.25, 0.3) is 0 Å².